The first kappa shape index (κ1) is 17.2. The molecule has 1 aromatic rings. The van der Waals surface area contributed by atoms with Crippen molar-refractivity contribution in [2.45, 2.75) is 52.2 Å². The lowest BCUT2D eigenvalue weighted by Gasteiger charge is -2.23. The van der Waals surface area contributed by atoms with E-state index < -0.39 is 16.4 Å². The van der Waals surface area contributed by atoms with E-state index in [4.69, 9.17) is 0 Å². The molecule has 7 nitrogen and oxygen atoms in total. The zero-order valence-corrected chi connectivity index (χ0v) is 12.8. The number of nitrogens with zero attached hydrogens (tertiary/aromatic N) is 2. The van der Waals surface area contributed by atoms with Crippen LogP contribution in [0.25, 0.3) is 0 Å². The highest BCUT2D eigenvalue weighted by atomic mass is 16.6. The molecule has 0 aromatic carbocycles. The lowest BCUT2D eigenvalue weighted by atomic mass is 10.0. The number of aryl methyl sites for hydroxylation is 1. The van der Waals surface area contributed by atoms with Crippen molar-refractivity contribution < 1.29 is 14.8 Å². The maximum atomic E-state index is 12.2. The number of aromatic nitrogens is 1. The second-order valence-electron chi connectivity index (χ2n) is 5.46. The predicted molar refractivity (Wildman–Crippen MR) is 79.2 cm³/mol. The molecule has 0 aliphatic heterocycles. The van der Waals surface area contributed by atoms with Crippen molar-refractivity contribution in [3.05, 3.63) is 28.1 Å². The SMILES string of the molecule is CCCn1cc([N+](=O)[O-])cc1C(=O)NCC(C)(O)CCC. The minimum Gasteiger partial charge on any atom is -0.388 e. The van der Waals surface area contributed by atoms with Gasteiger partial charge < -0.3 is 15.0 Å². The topological polar surface area (TPSA) is 97.4 Å². The highest BCUT2D eigenvalue weighted by molar-refractivity contribution is 5.93. The van der Waals surface area contributed by atoms with Crippen LogP contribution in [0.15, 0.2) is 12.3 Å². The van der Waals surface area contributed by atoms with Gasteiger partial charge >= 0.3 is 0 Å². The number of nitrogens with one attached hydrogen (secondary N) is 1. The molecule has 118 valence electrons. The number of rotatable bonds is 8. The average molecular weight is 297 g/mol. The molecule has 0 radical (unpaired) electrons. The molecule has 1 amide bonds. The first-order chi connectivity index (χ1) is 9.80. The van der Waals surface area contributed by atoms with E-state index in [9.17, 15) is 20.0 Å². The third-order valence-corrected chi connectivity index (χ3v) is 3.21. The van der Waals surface area contributed by atoms with Crippen molar-refractivity contribution in [1.29, 1.82) is 0 Å². The minimum absolute atomic E-state index is 0.103. The fraction of sp³-hybridized carbons (Fsp3) is 0.643. The summed E-state index contributed by atoms with van der Waals surface area (Å²) in [6, 6.07) is 1.26. The summed E-state index contributed by atoms with van der Waals surface area (Å²) in [5.74, 6) is -0.409. The molecule has 1 rings (SSSR count). The van der Waals surface area contributed by atoms with Crippen LogP contribution in [-0.2, 0) is 6.54 Å². The molecule has 0 saturated carbocycles. The third-order valence-electron chi connectivity index (χ3n) is 3.21. The van der Waals surface area contributed by atoms with Crippen molar-refractivity contribution in [3.8, 4) is 0 Å². The summed E-state index contributed by atoms with van der Waals surface area (Å²) < 4.78 is 1.57. The molecule has 0 spiro atoms. The van der Waals surface area contributed by atoms with E-state index in [-0.39, 0.29) is 17.9 Å². The van der Waals surface area contributed by atoms with Crippen LogP contribution in [0.3, 0.4) is 0 Å². The summed E-state index contributed by atoms with van der Waals surface area (Å²) in [6.07, 6.45) is 3.51. The van der Waals surface area contributed by atoms with E-state index in [1.165, 1.54) is 12.3 Å². The van der Waals surface area contributed by atoms with Gasteiger partial charge in [-0.3, -0.25) is 14.9 Å². The van der Waals surface area contributed by atoms with E-state index in [0.717, 1.165) is 12.8 Å². The van der Waals surface area contributed by atoms with Crippen LogP contribution in [0.5, 0.6) is 0 Å². The van der Waals surface area contributed by atoms with Gasteiger partial charge in [0.15, 0.2) is 0 Å². The molecule has 1 atom stereocenters. The predicted octanol–water partition coefficient (Wildman–Crippen LogP) is 2.09. The van der Waals surface area contributed by atoms with Gasteiger partial charge in [-0.2, -0.15) is 0 Å². The Morgan fingerprint density at radius 3 is 2.67 bits per heavy atom. The fourth-order valence-corrected chi connectivity index (χ4v) is 2.20. The molecule has 2 N–H and O–H groups in total. The summed E-state index contributed by atoms with van der Waals surface area (Å²) in [5.41, 5.74) is -0.830. The Kier molecular flexibility index (Phi) is 5.90. The Bertz CT molecular complexity index is 508. The van der Waals surface area contributed by atoms with Gasteiger partial charge in [0.1, 0.15) is 5.69 Å². The number of aliphatic hydroxyl groups is 1. The summed E-state index contributed by atoms with van der Waals surface area (Å²) in [6.45, 7) is 6.18. The van der Waals surface area contributed by atoms with E-state index in [0.29, 0.717) is 13.0 Å². The van der Waals surface area contributed by atoms with Gasteiger partial charge in [0, 0.05) is 19.2 Å². The molecule has 0 bridgehead atoms. The Hall–Kier alpha value is -1.89. The quantitative estimate of drug-likeness (QED) is 0.567. The summed E-state index contributed by atoms with van der Waals surface area (Å²) in [5, 5.41) is 23.5. The molecule has 21 heavy (non-hydrogen) atoms. The zero-order valence-electron chi connectivity index (χ0n) is 12.8. The van der Waals surface area contributed by atoms with Gasteiger partial charge in [-0.25, -0.2) is 0 Å². The molecule has 0 fully saturated rings. The highest BCUT2D eigenvalue weighted by Crippen LogP contribution is 2.17. The minimum atomic E-state index is -0.974. The smallest absolute Gasteiger partial charge is 0.287 e. The number of hydrogen-bond donors (Lipinski definition) is 2. The van der Waals surface area contributed by atoms with E-state index in [2.05, 4.69) is 5.32 Å². The molecular weight excluding hydrogens is 274 g/mol. The molecule has 0 aliphatic carbocycles. The van der Waals surface area contributed by atoms with Crippen LogP contribution >= 0.6 is 0 Å². The lowest BCUT2D eigenvalue weighted by Crippen LogP contribution is -2.41. The molecule has 1 heterocycles. The Morgan fingerprint density at radius 1 is 1.48 bits per heavy atom. The van der Waals surface area contributed by atoms with Crippen molar-refractivity contribution >= 4 is 11.6 Å². The van der Waals surface area contributed by atoms with Gasteiger partial charge in [-0.15, -0.1) is 0 Å². The molecule has 1 unspecified atom stereocenters. The van der Waals surface area contributed by atoms with E-state index in [1.807, 2.05) is 13.8 Å². The van der Waals surface area contributed by atoms with Gasteiger partial charge in [0.25, 0.3) is 11.6 Å². The van der Waals surface area contributed by atoms with Crippen LogP contribution in [-0.4, -0.2) is 32.6 Å². The van der Waals surface area contributed by atoms with Crippen molar-refractivity contribution in [2.75, 3.05) is 6.54 Å². The van der Waals surface area contributed by atoms with Gasteiger partial charge in [-0.1, -0.05) is 20.3 Å². The molecular formula is C14H23N3O4. The van der Waals surface area contributed by atoms with Crippen LogP contribution in [0.2, 0.25) is 0 Å². The fourth-order valence-electron chi connectivity index (χ4n) is 2.20. The largest absolute Gasteiger partial charge is 0.388 e. The Balaban J connectivity index is 2.83. The summed E-state index contributed by atoms with van der Waals surface area (Å²) >= 11 is 0. The lowest BCUT2D eigenvalue weighted by molar-refractivity contribution is -0.384. The molecule has 1 aromatic heterocycles. The van der Waals surface area contributed by atoms with E-state index >= 15 is 0 Å². The first-order valence-corrected chi connectivity index (χ1v) is 7.16. The number of carbonyl (C=O) groups is 1. The van der Waals surface area contributed by atoms with Crippen LogP contribution in [0.1, 0.15) is 50.5 Å². The maximum absolute atomic E-state index is 12.2. The van der Waals surface area contributed by atoms with Crippen LogP contribution in [0.4, 0.5) is 5.69 Å². The number of amides is 1. The van der Waals surface area contributed by atoms with Crippen LogP contribution in [0, 0.1) is 10.1 Å². The highest BCUT2D eigenvalue weighted by Gasteiger charge is 2.23. The molecule has 0 aliphatic rings. The standard InChI is InChI=1S/C14H23N3O4/c1-4-6-14(3,19)10-15-13(18)12-8-11(17(20)21)9-16(12)7-5-2/h8-9,19H,4-7,10H2,1-3H3,(H,15,18). The van der Waals surface area contributed by atoms with Gasteiger partial charge in [0.2, 0.25) is 0 Å². The first-order valence-electron chi connectivity index (χ1n) is 7.16. The summed E-state index contributed by atoms with van der Waals surface area (Å²) in [7, 11) is 0. The second-order valence-corrected chi connectivity index (χ2v) is 5.46. The monoisotopic (exact) mass is 297 g/mol. The Labute approximate surface area is 124 Å². The van der Waals surface area contributed by atoms with Gasteiger partial charge in [-0.05, 0) is 19.8 Å². The maximum Gasteiger partial charge on any atom is 0.287 e. The molecule has 0 saturated heterocycles. The average Bonchev–Trinajstić information content (AvgIpc) is 2.81. The van der Waals surface area contributed by atoms with Crippen molar-refractivity contribution in [2.24, 2.45) is 0 Å². The van der Waals surface area contributed by atoms with Crippen LogP contribution < -0.4 is 5.32 Å². The third kappa shape index (κ3) is 4.86. The number of carbonyl (C=O) groups excluding carboxylic acids is 1. The van der Waals surface area contributed by atoms with E-state index in [1.54, 1.807) is 11.5 Å². The van der Waals surface area contributed by atoms with Crippen molar-refractivity contribution in [1.82, 2.24) is 9.88 Å². The second kappa shape index (κ2) is 7.21. The summed E-state index contributed by atoms with van der Waals surface area (Å²) in [4.78, 5) is 22.5. The number of nitro groups is 1. The van der Waals surface area contributed by atoms with Crippen molar-refractivity contribution in [3.63, 3.8) is 0 Å². The van der Waals surface area contributed by atoms with Gasteiger partial charge in [0.05, 0.1) is 16.7 Å². The number of hydrogen-bond acceptors (Lipinski definition) is 4. The normalized spacial score (nSPS) is 13.7. The zero-order chi connectivity index (χ0) is 16.0. The molecule has 7 heteroatoms. The Morgan fingerprint density at radius 2 is 2.14 bits per heavy atom.